The Kier molecular flexibility index (Phi) is 5.29. The third-order valence-electron chi connectivity index (χ3n) is 4.19. The quantitative estimate of drug-likeness (QED) is 0.579. The van der Waals surface area contributed by atoms with Crippen LogP contribution in [0.15, 0.2) is 0 Å². The van der Waals surface area contributed by atoms with E-state index < -0.39 is 8.32 Å². The van der Waals surface area contributed by atoms with Crippen LogP contribution in [-0.2, 0) is 9.16 Å². The lowest BCUT2D eigenvalue weighted by atomic mass is 9.94. The van der Waals surface area contributed by atoms with Gasteiger partial charge < -0.3 is 9.16 Å². The first-order valence-corrected chi connectivity index (χ1v) is 10.5. The Hall–Kier alpha value is 0.632. The second-order valence-electron chi connectivity index (χ2n) is 6.59. The first-order valence-electron chi connectivity index (χ1n) is 6.74. The van der Waals surface area contributed by atoms with Gasteiger partial charge in [0, 0.05) is 6.00 Å². The van der Waals surface area contributed by atoms with Crippen molar-refractivity contribution in [3.05, 3.63) is 0 Å². The lowest BCUT2D eigenvalue weighted by Gasteiger charge is -2.39. The van der Waals surface area contributed by atoms with Gasteiger partial charge in [-0.15, -0.1) is 0 Å². The average Bonchev–Trinajstić information content (AvgIpc) is 2.58. The minimum absolute atomic E-state index is 0.282. The molecule has 0 amide bonds. The van der Waals surface area contributed by atoms with Crippen LogP contribution < -0.4 is 0 Å². The third kappa shape index (κ3) is 3.79. The summed E-state index contributed by atoms with van der Waals surface area (Å²) in [6, 6.07) is 0.375. The van der Waals surface area contributed by atoms with E-state index in [9.17, 15) is 0 Å². The minimum Gasteiger partial charge on any atom is -0.411 e. The number of hydrogen-bond acceptors (Lipinski definition) is 2. The van der Waals surface area contributed by atoms with Gasteiger partial charge in [-0.05, 0) is 31.0 Å². The van der Waals surface area contributed by atoms with Crippen molar-refractivity contribution in [1.29, 1.82) is 0 Å². The van der Waals surface area contributed by atoms with Gasteiger partial charge in [-0.25, -0.2) is 0 Å². The molecule has 100 valence electrons. The fourth-order valence-corrected chi connectivity index (χ4v) is 3.65. The summed E-state index contributed by atoms with van der Waals surface area (Å²) in [4.78, 5) is 0. The van der Waals surface area contributed by atoms with Gasteiger partial charge in [-0.1, -0.05) is 27.7 Å². The second-order valence-corrected chi connectivity index (χ2v) is 11.8. The molecule has 0 radical (unpaired) electrons. The molecule has 1 rings (SSSR count). The molecule has 0 bridgehead atoms. The first-order chi connectivity index (χ1) is 7.71. The molecule has 1 aliphatic rings. The van der Waals surface area contributed by atoms with Crippen LogP contribution in [0.5, 0.6) is 0 Å². The van der Waals surface area contributed by atoms with Crippen molar-refractivity contribution in [3.8, 4) is 0 Å². The molecule has 0 aromatic heterocycles. The van der Waals surface area contributed by atoms with Crippen LogP contribution in [0.1, 0.15) is 40.5 Å². The summed E-state index contributed by atoms with van der Waals surface area (Å²) in [6.45, 7) is 14.8. The molecule has 0 N–H and O–H groups in total. The van der Waals surface area contributed by atoms with E-state index in [2.05, 4.69) is 49.9 Å². The highest BCUT2D eigenvalue weighted by Crippen LogP contribution is 2.39. The molecule has 0 aliphatic carbocycles. The molecule has 0 spiro atoms. The molecule has 1 saturated heterocycles. The zero-order chi connectivity index (χ0) is 13.3. The Balaban J connectivity index is 2.67. The molecule has 0 aromatic carbocycles. The van der Waals surface area contributed by atoms with Crippen LogP contribution >= 0.6 is 9.12 Å². The fraction of sp³-hybridized carbons (Fsp3) is 1.00. The zero-order valence-electron chi connectivity index (χ0n) is 12.2. The lowest BCUT2D eigenvalue weighted by Crippen LogP contribution is -2.45. The van der Waals surface area contributed by atoms with Crippen LogP contribution in [-0.4, -0.2) is 33.5 Å². The van der Waals surface area contributed by atoms with Crippen molar-refractivity contribution >= 4 is 24.4 Å². The van der Waals surface area contributed by atoms with E-state index in [1.807, 2.05) is 0 Å². The Morgan fingerprint density at radius 3 is 2.41 bits per heavy atom. The topological polar surface area (TPSA) is 18.5 Å². The maximum absolute atomic E-state index is 6.50. The summed E-state index contributed by atoms with van der Waals surface area (Å²) in [5.74, 6) is 0. The Morgan fingerprint density at radius 1 is 1.41 bits per heavy atom. The van der Waals surface area contributed by atoms with E-state index in [1.165, 1.54) is 0 Å². The van der Waals surface area contributed by atoms with Gasteiger partial charge in [0.25, 0.3) is 0 Å². The molecule has 2 nitrogen and oxygen atoms in total. The molecule has 0 aromatic rings. The largest absolute Gasteiger partial charge is 0.411 e. The molecule has 1 fully saturated rings. The van der Waals surface area contributed by atoms with Gasteiger partial charge in [0.2, 0.25) is 0 Å². The van der Waals surface area contributed by atoms with Gasteiger partial charge in [-0.2, -0.15) is 9.12 Å². The molecular weight excluding hydrogens is 246 g/mol. The monoisotopic (exact) mass is 274 g/mol. The number of rotatable bonds is 4. The van der Waals surface area contributed by atoms with Gasteiger partial charge in [0.1, 0.15) is 0 Å². The van der Waals surface area contributed by atoms with Gasteiger partial charge in [0.05, 0.1) is 12.2 Å². The molecule has 1 aliphatic heterocycles. The predicted molar refractivity (Wildman–Crippen MR) is 82.5 cm³/mol. The number of ether oxygens (including phenoxy) is 1. The smallest absolute Gasteiger partial charge is 0.192 e. The van der Waals surface area contributed by atoms with Crippen molar-refractivity contribution in [3.63, 3.8) is 0 Å². The lowest BCUT2D eigenvalue weighted by molar-refractivity contribution is 0.0347. The van der Waals surface area contributed by atoms with Crippen LogP contribution in [0.4, 0.5) is 0 Å². The number of hydrogen-bond donors (Lipinski definition) is 0. The average molecular weight is 274 g/mol. The fourth-order valence-electron chi connectivity index (χ4n) is 1.99. The molecule has 2 unspecified atom stereocenters. The van der Waals surface area contributed by atoms with Crippen molar-refractivity contribution in [1.82, 2.24) is 0 Å². The predicted octanol–water partition coefficient (Wildman–Crippen LogP) is 3.13. The third-order valence-corrected chi connectivity index (χ3v) is 9.22. The van der Waals surface area contributed by atoms with Gasteiger partial charge in [0.15, 0.2) is 15.3 Å². The Morgan fingerprint density at radius 2 is 2.00 bits per heavy atom. The van der Waals surface area contributed by atoms with E-state index >= 15 is 0 Å². The van der Waals surface area contributed by atoms with Crippen molar-refractivity contribution in [2.45, 2.75) is 76.9 Å². The van der Waals surface area contributed by atoms with E-state index in [4.69, 9.17) is 9.16 Å². The highest BCUT2D eigenvalue weighted by Gasteiger charge is 2.43. The van der Waals surface area contributed by atoms with Crippen LogP contribution in [0.25, 0.3) is 0 Å². The van der Waals surface area contributed by atoms with Gasteiger partial charge >= 0.3 is 0 Å². The molecule has 0 saturated carbocycles. The summed E-state index contributed by atoms with van der Waals surface area (Å²) >= 11 is 0. The van der Waals surface area contributed by atoms with E-state index in [0.717, 1.165) is 19.8 Å². The Bertz CT molecular complexity index is 255. The molecule has 1 heterocycles. The maximum atomic E-state index is 6.50. The highest BCUT2D eigenvalue weighted by atomic mass is 31.0. The Labute approximate surface area is 111 Å². The van der Waals surface area contributed by atoms with E-state index in [1.54, 1.807) is 0 Å². The summed E-state index contributed by atoms with van der Waals surface area (Å²) in [5, 5.41) is 0.282. The molecule has 5 heteroatoms. The standard InChI is InChI=1S/C12H28BO2PSi/c1-7-9-10(8-11(13-16)14-9)15-17(5,6)12(2,3)4/h9-11,13H,7-8,16H2,1-6H3/t9-,10?,11-/m1/s1. The van der Waals surface area contributed by atoms with Crippen LogP contribution in [0, 0.1) is 0 Å². The van der Waals surface area contributed by atoms with E-state index in [-0.39, 0.29) is 5.04 Å². The van der Waals surface area contributed by atoms with Crippen molar-refractivity contribution in [2.75, 3.05) is 0 Å². The summed E-state index contributed by atoms with van der Waals surface area (Å²) in [7, 11) is 1.13. The van der Waals surface area contributed by atoms with Gasteiger partial charge in [-0.3, -0.25) is 0 Å². The SMILES string of the molecule is CC[C@H]1O[C@@H](BP)CC1O[Si](C)(C)C(C)(C)C. The van der Waals surface area contributed by atoms with Crippen molar-refractivity contribution in [2.24, 2.45) is 0 Å². The molecule has 4 atom stereocenters. The zero-order valence-corrected chi connectivity index (χ0v) is 14.4. The summed E-state index contributed by atoms with van der Waals surface area (Å²) in [5.41, 5.74) is 0. The van der Waals surface area contributed by atoms with Crippen LogP contribution in [0.2, 0.25) is 18.1 Å². The summed E-state index contributed by atoms with van der Waals surface area (Å²) < 4.78 is 12.5. The minimum atomic E-state index is -1.66. The van der Waals surface area contributed by atoms with Crippen LogP contribution in [0.3, 0.4) is 0 Å². The summed E-state index contributed by atoms with van der Waals surface area (Å²) in [6.07, 6.45) is 2.73. The van der Waals surface area contributed by atoms with Crippen molar-refractivity contribution < 1.29 is 9.16 Å². The molecular formula is C12H28BO2PSi. The maximum Gasteiger partial charge on any atom is 0.192 e. The first kappa shape index (κ1) is 15.7. The molecule has 17 heavy (non-hydrogen) atoms. The normalized spacial score (nSPS) is 30.6. The van der Waals surface area contributed by atoms with E-state index in [0.29, 0.717) is 18.2 Å². The second kappa shape index (κ2) is 5.73. The highest BCUT2D eigenvalue weighted by molar-refractivity contribution is 7.55.